The number of thiazole rings is 1. The molecule has 0 radical (unpaired) electrons. The van der Waals surface area contributed by atoms with Gasteiger partial charge in [-0.25, -0.2) is 4.98 Å². The molecule has 1 N–H and O–H groups in total. The molecule has 2 aliphatic rings. The summed E-state index contributed by atoms with van der Waals surface area (Å²) in [5.41, 5.74) is 2.70. The van der Waals surface area contributed by atoms with E-state index in [1.54, 1.807) is 31.4 Å². The number of aliphatic hydroxyl groups excluding tert-OH is 1. The van der Waals surface area contributed by atoms with Gasteiger partial charge in [-0.2, -0.15) is 0 Å². The maximum Gasteiger partial charge on any atom is 0.301 e. The van der Waals surface area contributed by atoms with Gasteiger partial charge in [0, 0.05) is 12.0 Å². The van der Waals surface area contributed by atoms with Gasteiger partial charge in [0.1, 0.15) is 29.1 Å². The molecule has 6 rings (SSSR count). The predicted octanol–water partition coefficient (Wildman–Crippen LogP) is 6.04. The molecule has 0 aliphatic carbocycles. The second-order valence-corrected chi connectivity index (χ2v) is 10.9. The zero-order valence-corrected chi connectivity index (χ0v) is 23.2. The quantitative estimate of drug-likeness (QED) is 0.168. The van der Waals surface area contributed by atoms with Crippen LogP contribution in [0.15, 0.2) is 66.2 Å². The van der Waals surface area contributed by atoms with Gasteiger partial charge in [-0.1, -0.05) is 30.4 Å². The van der Waals surface area contributed by atoms with Crippen molar-refractivity contribution in [2.75, 3.05) is 18.6 Å². The molecular formula is C31H28N2O6S. The fraction of sp³-hybridized carbons (Fsp3) is 0.258. The first-order valence-electron chi connectivity index (χ1n) is 13.2. The van der Waals surface area contributed by atoms with E-state index in [1.165, 1.54) is 16.2 Å². The summed E-state index contributed by atoms with van der Waals surface area (Å²) in [5, 5.41) is 11.9. The Balaban J connectivity index is 1.51. The second kappa shape index (κ2) is 10.3. The number of nitrogens with zero attached hydrogens (tertiary/aromatic N) is 2. The Morgan fingerprint density at radius 3 is 2.77 bits per heavy atom. The first-order valence-corrected chi connectivity index (χ1v) is 14.0. The van der Waals surface area contributed by atoms with E-state index in [4.69, 9.17) is 14.2 Å². The molecule has 0 spiro atoms. The van der Waals surface area contributed by atoms with Crippen LogP contribution in [-0.4, -0.2) is 41.6 Å². The van der Waals surface area contributed by atoms with Gasteiger partial charge in [0.25, 0.3) is 5.78 Å². The number of anilines is 1. The molecule has 4 aromatic rings. The lowest BCUT2D eigenvalue weighted by Crippen LogP contribution is -2.29. The lowest BCUT2D eigenvalue weighted by atomic mass is 9.94. The molecule has 0 saturated carbocycles. The molecule has 1 saturated heterocycles. The average molecular weight is 557 g/mol. The molecular weight excluding hydrogens is 528 g/mol. The number of Topliss-reactive ketones (excluding diaryl/α,β-unsaturated/α-hetero) is 1. The molecule has 3 aromatic carbocycles. The topological polar surface area (TPSA) is 98.2 Å². The van der Waals surface area contributed by atoms with Crippen molar-refractivity contribution in [3.63, 3.8) is 0 Å². The van der Waals surface area contributed by atoms with E-state index in [2.05, 4.69) is 4.98 Å². The predicted molar refractivity (Wildman–Crippen MR) is 153 cm³/mol. The largest absolute Gasteiger partial charge is 0.507 e. The lowest BCUT2D eigenvalue weighted by Gasteiger charge is -2.23. The van der Waals surface area contributed by atoms with Crippen LogP contribution in [-0.2, 0) is 16.0 Å². The highest BCUT2D eigenvalue weighted by molar-refractivity contribution is 7.22. The van der Waals surface area contributed by atoms with Crippen LogP contribution in [0.2, 0.25) is 0 Å². The van der Waals surface area contributed by atoms with Gasteiger partial charge in [0.05, 0.1) is 35.5 Å². The van der Waals surface area contributed by atoms with Gasteiger partial charge in [-0.3, -0.25) is 14.5 Å². The summed E-state index contributed by atoms with van der Waals surface area (Å²) in [5.74, 6) is 0.266. The average Bonchev–Trinajstić information content (AvgIpc) is 3.63. The summed E-state index contributed by atoms with van der Waals surface area (Å²) >= 11 is 1.28. The van der Waals surface area contributed by atoms with Crippen molar-refractivity contribution in [3.8, 4) is 17.2 Å². The zero-order valence-electron chi connectivity index (χ0n) is 22.3. The number of ketones is 1. The van der Waals surface area contributed by atoms with E-state index in [0.717, 1.165) is 22.4 Å². The van der Waals surface area contributed by atoms with Crippen molar-refractivity contribution in [3.05, 3.63) is 82.9 Å². The van der Waals surface area contributed by atoms with Crippen LogP contribution in [0.4, 0.5) is 5.13 Å². The Bertz CT molecular complexity index is 1680. The number of benzene rings is 3. The number of fused-ring (bicyclic) bond motifs is 2. The monoisotopic (exact) mass is 556 g/mol. The molecule has 40 heavy (non-hydrogen) atoms. The molecule has 9 heteroatoms. The third kappa shape index (κ3) is 4.46. The zero-order chi connectivity index (χ0) is 28.0. The van der Waals surface area contributed by atoms with Crippen LogP contribution in [0.25, 0.3) is 16.0 Å². The maximum absolute atomic E-state index is 13.6. The molecule has 3 heterocycles. The van der Waals surface area contributed by atoms with E-state index in [-0.39, 0.29) is 17.4 Å². The number of hydrogen-bond donors (Lipinski definition) is 1. The summed E-state index contributed by atoms with van der Waals surface area (Å²) in [7, 11) is 1.58. The number of methoxy groups -OCH3 is 1. The Kier molecular flexibility index (Phi) is 6.67. The van der Waals surface area contributed by atoms with Crippen molar-refractivity contribution in [1.82, 2.24) is 4.98 Å². The second-order valence-electron chi connectivity index (χ2n) is 9.88. The number of rotatable bonds is 7. The van der Waals surface area contributed by atoms with Crippen LogP contribution < -0.4 is 19.1 Å². The summed E-state index contributed by atoms with van der Waals surface area (Å²) in [4.78, 5) is 33.3. The first kappa shape index (κ1) is 25.9. The fourth-order valence-electron chi connectivity index (χ4n) is 5.19. The highest BCUT2D eigenvalue weighted by Gasteiger charge is 2.48. The smallest absolute Gasteiger partial charge is 0.301 e. The number of amides is 1. The number of aromatic nitrogens is 1. The Hall–Kier alpha value is -4.37. The maximum atomic E-state index is 13.6. The van der Waals surface area contributed by atoms with Crippen LogP contribution in [0, 0.1) is 0 Å². The Labute approximate surface area is 235 Å². The van der Waals surface area contributed by atoms with E-state index in [0.29, 0.717) is 46.3 Å². The fourth-order valence-corrected chi connectivity index (χ4v) is 6.21. The van der Waals surface area contributed by atoms with Crippen molar-refractivity contribution >= 4 is 44.1 Å². The van der Waals surface area contributed by atoms with Crippen LogP contribution in [0.3, 0.4) is 0 Å². The Morgan fingerprint density at radius 1 is 1.12 bits per heavy atom. The van der Waals surface area contributed by atoms with E-state index in [1.807, 2.05) is 50.2 Å². The van der Waals surface area contributed by atoms with Gasteiger partial charge in [-0.15, -0.1) is 0 Å². The number of ether oxygens (including phenoxy) is 3. The van der Waals surface area contributed by atoms with E-state index < -0.39 is 17.7 Å². The van der Waals surface area contributed by atoms with Crippen molar-refractivity contribution in [1.29, 1.82) is 0 Å². The molecule has 0 bridgehead atoms. The van der Waals surface area contributed by atoms with E-state index in [9.17, 15) is 14.7 Å². The summed E-state index contributed by atoms with van der Waals surface area (Å²) in [6.07, 6.45) is 1.56. The first-order chi connectivity index (χ1) is 19.4. The molecule has 0 unspecified atom stereocenters. The van der Waals surface area contributed by atoms with Gasteiger partial charge in [0.15, 0.2) is 5.13 Å². The molecule has 2 aliphatic heterocycles. The molecule has 204 valence electrons. The van der Waals surface area contributed by atoms with E-state index >= 15 is 0 Å². The van der Waals surface area contributed by atoms with Crippen LogP contribution in [0.5, 0.6) is 17.2 Å². The summed E-state index contributed by atoms with van der Waals surface area (Å²) < 4.78 is 17.8. The minimum Gasteiger partial charge on any atom is -0.507 e. The van der Waals surface area contributed by atoms with Gasteiger partial charge in [-0.05, 0) is 73.0 Å². The van der Waals surface area contributed by atoms with Gasteiger partial charge in [0.2, 0.25) is 0 Å². The summed E-state index contributed by atoms with van der Waals surface area (Å²) in [6, 6.07) is 17.1. The lowest BCUT2D eigenvalue weighted by molar-refractivity contribution is -0.132. The number of aliphatic hydroxyl groups is 1. The number of hydrogen-bond acceptors (Lipinski definition) is 8. The normalized spacial score (nSPS) is 19.6. The number of carbonyl (C=O) groups excluding carboxylic acids is 2. The standard InChI is InChI=1S/C31H28N2O6S/c1-4-12-38-22-7-5-6-18(15-22)27-26(28(34)19-8-11-24-20(14-19)13-17(2)39-24)29(35)30(36)33(27)31-32-23-10-9-21(37-3)16-25(23)40-31/h5-11,14-17,27,34H,4,12-13H2,1-3H3/t17-,27+/m1/s1. The SMILES string of the molecule is CCCOc1cccc([C@H]2C(=C(O)c3ccc4c(c3)C[C@@H](C)O4)C(=O)C(=O)N2c2nc3ccc(OC)cc3s2)c1. The minimum atomic E-state index is -0.906. The molecule has 8 nitrogen and oxygen atoms in total. The van der Waals surface area contributed by atoms with Gasteiger partial charge < -0.3 is 19.3 Å². The minimum absolute atomic E-state index is 0.00129. The third-order valence-corrected chi connectivity index (χ3v) is 8.07. The molecule has 1 aromatic heterocycles. The molecule has 1 fully saturated rings. The third-order valence-electron chi connectivity index (χ3n) is 7.05. The highest BCUT2D eigenvalue weighted by Crippen LogP contribution is 2.45. The van der Waals surface area contributed by atoms with Crippen LogP contribution >= 0.6 is 11.3 Å². The molecule has 1 amide bonds. The Morgan fingerprint density at radius 2 is 1.98 bits per heavy atom. The summed E-state index contributed by atoms with van der Waals surface area (Å²) in [6.45, 7) is 4.52. The van der Waals surface area contributed by atoms with Crippen LogP contribution in [0.1, 0.15) is 43.0 Å². The van der Waals surface area contributed by atoms with Gasteiger partial charge >= 0.3 is 5.91 Å². The highest BCUT2D eigenvalue weighted by atomic mass is 32.1. The molecule has 2 atom stereocenters. The van der Waals surface area contributed by atoms with Crippen molar-refractivity contribution in [2.45, 2.75) is 38.8 Å². The number of carbonyl (C=O) groups is 2. The van der Waals surface area contributed by atoms with Crippen molar-refractivity contribution < 1.29 is 28.9 Å². The van der Waals surface area contributed by atoms with Crippen molar-refractivity contribution in [2.24, 2.45) is 0 Å².